The number of anilines is 2. The summed E-state index contributed by atoms with van der Waals surface area (Å²) in [5.41, 5.74) is 2.57. The molecule has 8 heteroatoms. The van der Waals surface area contributed by atoms with Crippen LogP contribution in [-0.2, 0) is 26.8 Å². The summed E-state index contributed by atoms with van der Waals surface area (Å²) in [4.78, 5) is 22.8. The van der Waals surface area contributed by atoms with Crippen LogP contribution in [-0.4, -0.2) is 31.3 Å². The van der Waals surface area contributed by atoms with Crippen LogP contribution >= 0.6 is 0 Å². The van der Waals surface area contributed by atoms with Crippen LogP contribution in [0, 0.1) is 0 Å². The quantitative estimate of drug-likeness (QED) is 0.640. The highest BCUT2D eigenvalue weighted by atomic mass is 32.2. The number of carboxylic acid groups (broad SMARTS) is 1. The first kappa shape index (κ1) is 20.4. The van der Waals surface area contributed by atoms with Gasteiger partial charge in [-0.05, 0) is 41.8 Å². The maximum Gasteiger partial charge on any atom is 0.323 e. The molecule has 0 aliphatic heterocycles. The van der Waals surface area contributed by atoms with E-state index in [-0.39, 0.29) is 17.9 Å². The minimum Gasteiger partial charge on any atom is -0.481 e. The van der Waals surface area contributed by atoms with E-state index in [1.165, 1.54) is 0 Å². The second kappa shape index (κ2) is 9.18. The molecule has 0 aromatic heterocycles. The number of benzene rings is 2. The van der Waals surface area contributed by atoms with E-state index in [4.69, 9.17) is 5.11 Å². The van der Waals surface area contributed by atoms with E-state index in [1.54, 1.807) is 55.5 Å². The molecule has 2 amide bonds. The zero-order valence-corrected chi connectivity index (χ0v) is 15.8. The Kier molecular flexibility index (Phi) is 6.95. The Morgan fingerprint density at radius 2 is 1.63 bits per heavy atom. The van der Waals surface area contributed by atoms with Crippen LogP contribution in [0.4, 0.5) is 16.2 Å². The van der Waals surface area contributed by atoms with E-state index in [0.717, 1.165) is 5.56 Å². The van der Waals surface area contributed by atoms with Crippen molar-refractivity contribution in [2.24, 2.45) is 0 Å². The number of aryl methyl sites for hydroxylation is 1. The summed E-state index contributed by atoms with van der Waals surface area (Å²) in [5, 5.41) is 14.1. The molecular weight excluding hydrogens is 368 g/mol. The summed E-state index contributed by atoms with van der Waals surface area (Å²) in [7, 11) is -3.10. The molecule has 0 heterocycles. The van der Waals surface area contributed by atoms with Crippen molar-refractivity contribution in [2.45, 2.75) is 25.5 Å². The third kappa shape index (κ3) is 7.10. The van der Waals surface area contributed by atoms with Crippen LogP contribution < -0.4 is 10.6 Å². The van der Waals surface area contributed by atoms with Gasteiger partial charge in [-0.15, -0.1) is 0 Å². The van der Waals surface area contributed by atoms with Crippen molar-refractivity contribution in [3.63, 3.8) is 0 Å². The first-order valence-corrected chi connectivity index (χ1v) is 10.3. The summed E-state index contributed by atoms with van der Waals surface area (Å²) in [5.74, 6) is -0.818. The Morgan fingerprint density at radius 1 is 0.963 bits per heavy atom. The molecule has 7 nitrogen and oxygen atoms in total. The zero-order chi connectivity index (χ0) is 19.9. The first-order chi connectivity index (χ1) is 12.8. The van der Waals surface area contributed by atoms with Crippen molar-refractivity contribution in [1.29, 1.82) is 0 Å². The number of hydrogen-bond acceptors (Lipinski definition) is 4. The fraction of sp³-hybridized carbons (Fsp3) is 0.263. The molecule has 2 aromatic rings. The minimum absolute atomic E-state index is 0.0236. The molecule has 0 atom stereocenters. The molecule has 0 aliphatic carbocycles. The molecule has 0 bridgehead atoms. The Balaban J connectivity index is 1.94. The maximum atomic E-state index is 12.1. The van der Waals surface area contributed by atoms with Crippen LogP contribution in [0.3, 0.4) is 0 Å². The number of hydrogen-bond donors (Lipinski definition) is 3. The second-order valence-corrected chi connectivity index (χ2v) is 8.40. The molecule has 0 saturated carbocycles. The molecule has 0 radical (unpaired) electrons. The average molecular weight is 390 g/mol. The average Bonchev–Trinajstić information content (AvgIpc) is 2.62. The highest BCUT2D eigenvalue weighted by Gasteiger charge is 2.09. The topological polar surface area (TPSA) is 113 Å². The van der Waals surface area contributed by atoms with Gasteiger partial charge >= 0.3 is 12.0 Å². The summed E-state index contributed by atoms with van der Waals surface area (Å²) >= 11 is 0. The summed E-state index contributed by atoms with van der Waals surface area (Å²) in [6, 6.07) is 13.1. The number of nitrogens with one attached hydrogen (secondary N) is 2. The molecule has 0 aliphatic rings. The predicted molar refractivity (Wildman–Crippen MR) is 105 cm³/mol. The van der Waals surface area contributed by atoms with Crippen LogP contribution in [0.25, 0.3) is 0 Å². The van der Waals surface area contributed by atoms with Crippen LogP contribution in [0.1, 0.15) is 24.5 Å². The minimum atomic E-state index is -3.10. The number of sulfone groups is 1. The molecule has 0 saturated heterocycles. The summed E-state index contributed by atoms with van der Waals surface area (Å²) in [6.45, 7) is 1.60. The van der Waals surface area contributed by atoms with Crippen molar-refractivity contribution in [3.8, 4) is 0 Å². The Morgan fingerprint density at radius 3 is 2.26 bits per heavy atom. The monoisotopic (exact) mass is 390 g/mol. The number of urea groups is 1. The van der Waals surface area contributed by atoms with Gasteiger partial charge in [0.15, 0.2) is 9.84 Å². The lowest BCUT2D eigenvalue weighted by atomic mass is 10.1. The third-order valence-corrected chi connectivity index (χ3v) is 5.50. The van der Waals surface area contributed by atoms with E-state index in [1.807, 2.05) is 0 Å². The largest absolute Gasteiger partial charge is 0.481 e. The number of rotatable bonds is 8. The van der Waals surface area contributed by atoms with Gasteiger partial charge in [0, 0.05) is 23.5 Å². The van der Waals surface area contributed by atoms with E-state index < -0.39 is 21.8 Å². The van der Waals surface area contributed by atoms with E-state index in [0.29, 0.717) is 23.4 Å². The van der Waals surface area contributed by atoms with E-state index in [9.17, 15) is 18.0 Å². The van der Waals surface area contributed by atoms with Gasteiger partial charge in [-0.2, -0.15) is 0 Å². The molecule has 0 spiro atoms. The van der Waals surface area contributed by atoms with Crippen LogP contribution in [0.5, 0.6) is 0 Å². The maximum absolute atomic E-state index is 12.1. The fourth-order valence-electron chi connectivity index (χ4n) is 2.39. The van der Waals surface area contributed by atoms with Gasteiger partial charge in [-0.1, -0.05) is 31.2 Å². The lowest BCUT2D eigenvalue weighted by Crippen LogP contribution is -2.19. The van der Waals surface area contributed by atoms with Crippen LogP contribution in [0.15, 0.2) is 48.5 Å². The number of carbonyl (C=O) groups excluding carboxylic acids is 1. The van der Waals surface area contributed by atoms with Gasteiger partial charge in [0.05, 0.1) is 5.75 Å². The standard InChI is InChI=1S/C19H22N2O5S/c1-2-27(25,26)13-15-6-9-16(10-7-15)20-19(24)21-17-5-3-4-14(12-17)8-11-18(22)23/h3-7,9-10,12H,2,8,11,13H2,1H3,(H,22,23)(H2,20,21,24). The fourth-order valence-corrected chi connectivity index (χ4v) is 3.29. The van der Waals surface area contributed by atoms with Gasteiger partial charge in [-0.3, -0.25) is 4.79 Å². The van der Waals surface area contributed by atoms with Gasteiger partial charge in [0.1, 0.15) is 0 Å². The number of aliphatic carboxylic acids is 1. The summed E-state index contributed by atoms with van der Waals surface area (Å²) < 4.78 is 23.3. The van der Waals surface area contributed by atoms with Crippen molar-refractivity contribution in [1.82, 2.24) is 0 Å². The van der Waals surface area contributed by atoms with Gasteiger partial charge < -0.3 is 15.7 Å². The zero-order valence-electron chi connectivity index (χ0n) is 14.9. The van der Waals surface area contributed by atoms with Crippen molar-refractivity contribution < 1.29 is 23.1 Å². The second-order valence-electron chi connectivity index (χ2n) is 6.05. The van der Waals surface area contributed by atoms with E-state index in [2.05, 4.69) is 10.6 Å². The van der Waals surface area contributed by atoms with Crippen LogP contribution in [0.2, 0.25) is 0 Å². The lowest BCUT2D eigenvalue weighted by molar-refractivity contribution is -0.136. The predicted octanol–water partition coefficient (Wildman–Crippen LogP) is 3.28. The Hall–Kier alpha value is -2.87. The van der Waals surface area contributed by atoms with Gasteiger partial charge in [-0.25, -0.2) is 13.2 Å². The van der Waals surface area contributed by atoms with Crippen molar-refractivity contribution >= 4 is 33.2 Å². The van der Waals surface area contributed by atoms with Gasteiger partial charge in [0.2, 0.25) is 0 Å². The molecule has 144 valence electrons. The normalized spacial score (nSPS) is 11.0. The van der Waals surface area contributed by atoms with Crippen molar-refractivity contribution in [3.05, 3.63) is 59.7 Å². The number of amides is 2. The molecule has 27 heavy (non-hydrogen) atoms. The van der Waals surface area contributed by atoms with Crippen molar-refractivity contribution in [2.75, 3.05) is 16.4 Å². The third-order valence-electron chi connectivity index (χ3n) is 3.85. The van der Waals surface area contributed by atoms with Gasteiger partial charge in [0.25, 0.3) is 0 Å². The molecule has 3 N–H and O–H groups in total. The Bertz CT molecular complexity index is 908. The smallest absolute Gasteiger partial charge is 0.323 e. The SMILES string of the molecule is CCS(=O)(=O)Cc1ccc(NC(=O)Nc2cccc(CCC(=O)O)c2)cc1. The molecule has 2 rings (SSSR count). The molecule has 0 unspecified atom stereocenters. The summed E-state index contributed by atoms with van der Waals surface area (Å²) in [6.07, 6.45) is 0.407. The Labute approximate surface area is 158 Å². The lowest BCUT2D eigenvalue weighted by Gasteiger charge is -2.09. The number of carbonyl (C=O) groups is 2. The molecule has 0 fully saturated rings. The molecular formula is C19H22N2O5S. The number of carboxylic acids is 1. The highest BCUT2D eigenvalue weighted by Crippen LogP contribution is 2.15. The molecule has 2 aromatic carbocycles. The highest BCUT2D eigenvalue weighted by molar-refractivity contribution is 7.90. The first-order valence-electron chi connectivity index (χ1n) is 8.45. The van der Waals surface area contributed by atoms with E-state index >= 15 is 0 Å².